The molecule has 0 saturated carbocycles. The standard InChI is InChI=1S/C19H21FN2O.ClH/c1-12-5-10-15-16(3-2-4-17(15)20)18(12)22-19(23)14-8-6-13(11-21)7-9-14;/h2-4,6-9,12,18H,5,10-11,21H2,1H3,(H,22,23);1H. The van der Waals surface area contributed by atoms with Crippen LogP contribution in [0.3, 0.4) is 0 Å². The van der Waals surface area contributed by atoms with Crippen molar-refractivity contribution in [1.82, 2.24) is 5.32 Å². The zero-order valence-corrected chi connectivity index (χ0v) is 14.4. The minimum Gasteiger partial charge on any atom is -0.345 e. The fraction of sp³-hybridized carbons (Fsp3) is 0.316. The fourth-order valence-corrected chi connectivity index (χ4v) is 3.21. The highest BCUT2D eigenvalue weighted by Gasteiger charge is 2.29. The Morgan fingerprint density at radius 2 is 1.96 bits per heavy atom. The van der Waals surface area contributed by atoms with E-state index in [9.17, 15) is 9.18 Å². The van der Waals surface area contributed by atoms with E-state index < -0.39 is 0 Å². The van der Waals surface area contributed by atoms with E-state index in [1.165, 1.54) is 6.07 Å². The Kier molecular flexibility index (Phi) is 5.97. The van der Waals surface area contributed by atoms with Gasteiger partial charge in [0, 0.05) is 12.1 Å². The molecule has 0 bridgehead atoms. The molecule has 2 aromatic rings. The first-order valence-electron chi connectivity index (χ1n) is 7.97. The molecule has 24 heavy (non-hydrogen) atoms. The maximum absolute atomic E-state index is 14.0. The second-order valence-electron chi connectivity index (χ2n) is 6.18. The third-order valence-electron chi connectivity index (χ3n) is 4.65. The van der Waals surface area contributed by atoms with Crippen LogP contribution in [-0.4, -0.2) is 5.91 Å². The highest BCUT2D eigenvalue weighted by molar-refractivity contribution is 5.94. The Bertz CT molecular complexity index is 718. The third kappa shape index (κ3) is 3.60. The van der Waals surface area contributed by atoms with Gasteiger partial charge in [0.15, 0.2) is 0 Å². The van der Waals surface area contributed by atoms with E-state index in [4.69, 9.17) is 5.73 Å². The SMILES string of the molecule is CC1CCc2c(F)cccc2C1NC(=O)c1ccc(CN)cc1.Cl. The van der Waals surface area contributed by atoms with Crippen molar-refractivity contribution < 1.29 is 9.18 Å². The van der Waals surface area contributed by atoms with Gasteiger partial charge in [-0.25, -0.2) is 4.39 Å². The lowest BCUT2D eigenvalue weighted by atomic mass is 9.80. The van der Waals surface area contributed by atoms with E-state index in [2.05, 4.69) is 12.2 Å². The Hall–Kier alpha value is -1.91. The van der Waals surface area contributed by atoms with E-state index in [-0.39, 0.29) is 36.1 Å². The van der Waals surface area contributed by atoms with Crippen LogP contribution in [0.5, 0.6) is 0 Å². The summed E-state index contributed by atoms with van der Waals surface area (Å²) in [6.45, 7) is 2.55. The molecular formula is C19H22ClFN2O. The van der Waals surface area contributed by atoms with Gasteiger partial charge in [-0.2, -0.15) is 0 Å². The third-order valence-corrected chi connectivity index (χ3v) is 4.65. The summed E-state index contributed by atoms with van der Waals surface area (Å²) in [7, 11) is 0. The summed E-state index contributed by atoms with van der Waals surface area (Å²) in [6.07, 6.45) is 1.59. The van der Waals surface area contributed by atoms with E-state index >= 15 is 0 Å². The van der Waals surface area contributed by atoms with Crippen LogP contribution in [-0.2, 0) is 13.0 Å². The predicted molar refractivity (Wildman–Crippen MR) is 95.7 cm³/mol. The summed E-state index contributed by atoms with van der Waals surface area (Å²) in [5.74, 6) is -0.0416. The number of nitrogens with one attached hydrogen (secondary N) is 1. The fourth-order valence-electron chi connectivity index (χ4n) is 3.21. The number of rotatable bonds is 3. The van der Waals surface area contributed by atoms with Gasteiger partial charge in [-0.3, -0.25) is 4.79 Å². The molecular weight excluding hydrogens is 327 g/mol. The molecule has 3 N–H and O–H groups in total. The molecule has 3 nitrogen and oxygen atoms in total. The second kappa shape index (κ2) is 7.77. The minimum absolute atomic E-state index is 0. The van der Waals surface area contributed by atoms with Crippen molar-refractivity contribution in [2.24, 2.45) is 11.7 Å². The Balaban J connectivity index is 0.00000208. The topological polar surface area (TPSA) is 55.1 Å². The first-order valence-corrected chi connectivity index (χ1v) is 7.97. The average molecular weight is 349 g/mol. The number of hydrogen-bond acceptors (Lipinski definition) is 2. The molecule has 1 amide bonds. The Morgan fingerprint density at radius 3 is 2.62 bits per heavy atom. The first kappa shape index (κ1) is 18.4. The molecule has 2 atom stereocenters. The van der Waals surface area contributed by atoms with Crippen LogP contribution < -0.4 is 11.1 Å². The molecule has 2 aromatic carbocycles. The number of carbonyl (C=O) groups is 1. The van der Waals surface area contributed by atoms with Gasteiger partial charge in [-0.05, 0) is 53.6 Å². The number of halogens is 2. The Labute approximate surface area is 147 Å². The van der Waals surface area contributed by atoms with Gasteiger partial charge in [0.05, 0.1) is 6.04 Å². The Morgan fingerprint density at radius 1 is 1.25 bits per heavy atom. The van der Waals surface area contributed by atoms with Gasteiger partial charge in [-0.1, -0.05) is 31.2 Å². The van der Waals surface area contributed by atoms with Crippen molar-refractivity contribution in [1.29, 1.82) is 0 Å². The van der Waals surface area contributed by atoms with Crippen LogP contribution in [0.15, 0.2) is 42.5 Å². The van der Waals surface area contributed by atoms with Gasteiger partial charge in [-0.15, -0.1) is 12.4 Å². The molecule has 1 aliphatic carbocycles. The second-order valence-corrected chi connectivity index (χ2v) is 6.18. The number of benzene rings is 2. The van der Waals surface area contributed by atoms with Crippen LogP contribution in [0, 0.1) is 11.7 Å². The van der Waals surface area contributed by atoms with Crippen LogP contribution in [0.2, 0.25) is 0 Å². The van der Waals surface area contributed by atoms with Crippen molar-refractivity contribution in [2.45, 2.75) is 32.4 Å². The van der Waals surface area contributed by atoms with Crippen LogP contribution in [0.4, 0.5) is 4.39 Å². The zero-order chi connectivity index (χ0) is 16.4. The predicted octanol–water partition coefficient (Wildman–Crippen LogP) is 3.76. The number of carbonyl (C=O) groups excluding carboxylic acids is 1. The normalized spacial score (nSPS) is 19.1. The summed E-state index contributed by atoms with van der Waals surface area (Å²) in [4.78, 5) is 12.5. The van der Waals surface area contributed by atoms with E-state index in [0.29, 0.717) is 12.1 Å². The molecule has 3 rings (SSSR count). The first-order chi connectivity index (χ1) is 11.1. The van der Waals surface area contributed by atoms with Gasteiger partial charge >= 0.3 is 0 Å². The molecule has 2 unspecified atom stereocenters. The molecule has 128 valence electrons. The smallest absolute Gasteiger partial charge is 0.251 e. The maximum atomic E-state index is 14.0. The molecule has 0 aliphatic heterocycles. The van der Waals surface area contributed by atoms with Gasteiger partial charge < -0.3 is 11.1 Å². The molecule has 5 heteroatoms. The van der Waals surface area contributed by atoms with Crippen molar-refractivity contribution in [2.75, 3.05) is 0 Å². The molecule has 0 saturated heterocycles. The lowest BCUT2D eigenvalue weighted by Gasteiger charge is -2.32. The number of fused-ring (bicyclic) bond motifs is 1. The van der Waals surface area contributed by atoms with E-state index in [1.54, 1.807) is 18.2 Å². The molecule has 1 aliphatic rings. The van der Waals surface area contributed by atoms with Gasteiger partial charge in [0.1, 0.15) is 5.82 Å². The largest absolute Gasteiger partial charge is 0.345 e. The molecule has 0 heterocycles. The number of amides is 1. The number of hydrogen-bond donors (Lipinski definition) is 2. The summed E-state index contributed by atoms with van der Waals surface area (Å²) >= 11 is 0. The lowest BCUT2D eigenvalue weighted by Crippen LogP contribution is -2.35. The zero-order valence-electron chi connectivity index (χ0n) is 13.6. The highest BCUT2D eigenvalue weighted by Crippen LogP contribution is 2.35. The maximum Gasteiger partial charge on any atom is 0.251 e. The van der Waals surface area contributed by atoms with Crippen molar-refractivity contribution in [3.8, 4) is 0 Å². The highest BCUT2D eigenvalue weighted by atomic mass is 35.5. The lowest BCUT2D eigenvalue weighted by molar-refractivity contribution is 0.0919. The summed E-state index contributed by atoms with van der Waals surface area (Å²) in [6, 6.07) is 12.2. The van der Waals surface area contributed by atoms with E-state index in [0.717, 1.165) is 29.5 Å². The minimum atomic E-state index is -0.180. The van der Waals surface area contributed by atoms with Crippen molar-refractivity contribution in [3.63, 3.8) is 0 Å². The van der Waals surface area contributed by atoms with E-state index in [1.807, 2.05) is 18.2 Å². The summed E-state index contributed by atoms with van der Waals surface area (Å²) in [5.41, 5.74) is 8.79. The summed E-state index contributed by atoms with van der Waals surface area (Å²) in [5, 5.41) is 3.07. The van der Waals surface area contributed by atoms with Crippen molar-refractivity contribution >= 4 is 18.3 Å². The molecule has 0 fully saturated rings. The molecule has 0 aromatic heterocycles. The molecule has 0 radical (unpaired) electrons. The summed E-state index contributed by atoms with van der Waals surface area (Å²) < 4.78 is 14.0. The molecule has 0 spiro atoms. The van der Waals surface area contributed by atoms with Crippen molar-refractivity contribution in [3.05, 3.63) is 70.5 Å². The quantitative estimate of drug-likeness (QED) is 0.887. The number of nitrogens with two attached hydrogens (primary N) is 1. The van der Waals surface area contributed by atoms with Gasteiger partial charge in [0.2, 0.25) is 0 Å². The van der Waals surface area contributed by atoms with Gasteiger partial charge in [0.25, 0.3) is 5.91 Å². The average Bonchev–Trinajstić information content (AvgIpc) is 2.57. The van der Waals surface area contributed by atoms with Crippen LogP contribution in [0.1, 0.15) is 46.4 Å². The van der Waals surface area contributed by atoms with Crippen LogP contribution >= 0.6 is 12.4 Å². The van der Waals surface area contributed by atoms with Crippen LogP contribution in [0.25, 0.3) is 0 Å². The monoisotopic (exact) mass is 348 g/mol.